The Bertz CT molecular complexity index is 297. The standard InChI is InChI=1S/C6H4ClF4P/c7-5-2-1-3-6(4-5)12(8,9,10)11/h1-4H. The van der Waals surface area contributed by atoms with Crippen LogP contribution < -0.4 is 5.30 Å². The molecule has 1 aromatic carbocycles. The van der Waals surface area contributed by atoms with Crippen molar-refractivity contribution in [3.63, 3.8) is 0 Å². The van der Waals surface area contributed by atoms with Gasteiger partial charge in [-0.05, 0) is 0 Å². The van der Waals surface area contributed by atoms with Gasteiger partial charge >= 0.3 is 70.8 Å². The normalized spacial score (nSPS) is 15.2. The predicted octanol–water partition coefficient (Wildman–Crippen LogP) is 4.06. The molecule has 0 atom stereocenters. The van der Waals surface area contributed by atoms with Gasteiger partial charge in [-0.25, -0.2) is 0 Å². The molecule has 0 amide bonds. The Morgan fingerprint density at radius 1 is 1.08 bits per heavy atom. The zero-order valence-electron chi connectivity index (χ0n) is 5.65. The number of halogens is 5. The Morgan fingerprint density at radius 3 is 2.00 bits per heavy atom. The summed E-state index contributed by atoms with van der Waals surface area (Å²) in [6, 6.07) is 3.58. The van der Waals surface area contributed by atoms with Gasteiger partial charge in [-0.3, -0.25) is 0 Å². The van der Waals surface area contributed by atoms with Crippen LogP contribution in [0.1, 0.15) is 0 Å². The summed E-state index contributed by atoms with van der Waals surface area (Å²) in [5, 5.41) is -1.39. The van der Waals surface area contributed by atoms with Crippen LogP contribution in [0.15, 0.2) is 24.3 Å². The molecule has 0 saturated carbocycles. The van der Waals surface area contributed by atoms with Crippen molar-refractivity contribution in [1.29, 1.82) is 0 Å². The van der Waals surface area contributed by atoms with Gasteiger partial charge in [0.05, 0.1) is 0 Å². The number of rotatable bonds is 1. The van der Waals surface area contributed by atoms with Crippen molar-refractivity contribution < 1.29 is 16.8 Å². The summed E-state index contributed by atoms with van der Waals surface area (Å²) in [6.07, 6.45) is 0. The number of hydrogen-bond donors (Lipinski definition) is 0. The Labute approximate surface area is 71.6 Å². The Balaban J connectivity index is 3.22. The molecule has 6 heteroatoms. The summed E-state index contributed by atoms with van der Waals surface area (Å²) in [7, 11) is -7.61. The van der Waals surface area contributed by atoms with Gasteiger partial charge in [0.15, 0.2) is 0 Å². The van der Waals surface area contributed by atoms with Crippen LogP contribution in [-0.2, 0) is 0 Å². The second-order valence-electron chi connectivity index (χ2n) is 2.20. The molecule has 1 rings (SSSR count). The van der Waals surface area contributed by atoms with Gasteiger partial charge in [0, 0.05) is 0 Å². The van der Waals surface area contributed by atoms with Crippen LogP contribution in [0.5, 0.6) is 0 Å². The third-order valence-corrected chi connectivity index (χ3v) is 2.49. The van der Waals surface area contributed by atoms with Crippen molar-refractivity contribution in [2.75, 3.05) is 0 Å². The molecule has 1 aromatic rings. The molecule has 0 spiro atoms. The van der Waals surface area contributed by atoms with Gasteiger partial charge in [0.2, 0.25) is 0 Å². The van der Waals surface area contributed by atoms with E-state index in [1.807, 2.05) is 0 Å². The molecule has 0 heterocycles. The predicted molar refractivity (Wildman–Crippen MR) is 42.4 cm³/mol. The molecule has 0 aromatic heterocycles. The second-order valence-corrected chi connectivity index (χ2v) is 4.60. The quantitative estimate of drug-likeness (QED) is 0.493. The van der Waals surface area contributed by atoms with Crippen LogP contribution in [0, 0.1) is 0 Å². The zero-order chi connectivity index (χ0) is 9.43. The van der Waals surface area contributed by atoms with Crippen LogP contribution in [0.25, 0.3) is 0 Å². The van der Waals surface area contributed by atoms with Crippen molar-refractivity contribution in [2.45, 2.75) is 0 Å². The summed E-state index contributed by atoms with van der Waals surface area (Å²) in [4.78, 5) is 0. The van der Waals surface area contributed by atoms with Crippen LogP contribution in [0.2, 0.25) is 5.02 Å². The first kappa shape index (κ1) is 9.75. The summed E-state index contributed by atoms with van der Waals surface area (Å²) >= 11 is 5.27. The molecule has 0 aliphatic carbocycles. The first-order chi connectivity index (χ1) is 5.26. The van der Waals surface area contributed by atoms with E-state index in [4.69, 9.17) is 11.6 Å². The molecular formula is C6H4ClF4P. The molecule has 0 bridgehead atoms. The summed E-state index contributed by atoms with van der Waals surface area (Å²) < 4.78 is 48.2. The molecule has 0 unspecified atom stereocenters. The van der Waals surface area contributed by atoms with Gasteiger partial charge in [0.1, 0.15) is 0 Å². The molecule has 0 aliphatic heterocycles. The van der Waals surface area contributed by atoms with E-state index in [9.17, 15) is 16.8 Å². The van der Waals surface area contributed by atoms with Gasteiger partial charge in [-0.1, -0.05) is 0 Å². The molecule has 12 heavy (non-hydrogen) atoms. The summed E-state index contributed by atoms with van der Waals surface area (Å²) in [5.41, 5.74) is 0. The first-order valence-electron chi connectivity index (χ1n) is 2.91. The van der Waals surface area contributed by atoms with E-state index in [-0.39, 0.29) is 5.02 Å². The number of hydrogen-bond acceptors (Lipinski definition) is 0. The average molecular weight is 219 g/mol. The van der Waals surface area contributed by atoms with Crippen molar-refractivity contribution in [3.8, 4) is 0 Å². The van der Waals surface area contributed by atoms with Crippen molar-refractivity contribution in [2.24, 2.45) is 0 Å². The van der Waals surface area contributed by atoms with Gasteiger partial charge in [-0.15, -0.1) is 0 Å². The van der Waals surface area contributed by atoms with Crippen molar-refractivity contribution in [3.05, 3.63) is 29.3 Å². The first-order valence-corrected chi connectivity index (χ1v) is 5.09. The van der Waals surface area contributed by atoms with E-state index >= 15 is 0 Å². The van der Waals surface area contributed by atoms with E-state index in [0.717, 1.165) is 6.07 Å². The van der Waals surface area contributed by atoms with Gasteiger partial charge < -0.3 is 0 Å². The minimum atomic E-state index is -7.61. The van der Waals surface area contributed by atoms with Gasteiger partial charge in [0.25, 0.3) is 0 Å². The molecule has 0 aliphatic rings. The van der Waals surface area contributed by atoms with Crippen LogP contribution in [-0.4, -0.2) is 0 Å². The third-order valence-electron chi connectivity index (χ3n) is 1.20. The fraction of sp³-hybridized carbons (Fsp3) is 0. The van der Waals surface area contributed by atoms with E-state index < -0.39 is 13.2 Å². The molecule has 0 radical (unpaired) electrons. The Morgan fingerprint density at radius 2 is 1.67 bits per heavy atom. The fourth-order valence-corrected chi connectivity index (χ4v) is 1.60. The molecular weight excluding hydrogens is 214 g/mol. The van der Waals surface area contributed by atoms with Gasteiger partial charge in [-0.2, -0.15) is 0 Å². The monoisotopic (exact) mass is 218 g/mol. The molecule has 0 N–H and O–H groups in total. The van der Waals surface area contributed by atoms with E-state index in [0.29, 0.717) is 12.1 Å². The Kier molecular flexibility index (Phi) is 2.09. The topological polar surface area (TPSA) is 0 Å². The minimum absolute atomic E-state index is 0.118. The summed E-state index contributed by atoms with van der Waals surface area (Å²) in [5.74, 6) is 0. The van der Waals surface area contributed by atoms with Crippen molar-refractivity contribution in [1.82, 2.24) is 0 Å². The summed E-state index contributed by atoms with van der Waals surface area (Å²) in [6.45, 7) is 0. The van der Waals surface area contributed by atoms with Crippen LogP contribution >= 0.6 is 19.4 Å². The molecule has 0 nitrogen and oxygen atoms in total. The SMILES string of the molecule is FP(F)(F)(F)c1cccc(Cl)c1. The maximum absolute atomic E-state index is 12.1. The third kappa shape index (κ3) is 2.32. The fourth-order valence-electron chi connectivity index (χ4n) is 0.686. The van der Waals surface area contributed by atoms with Crippen LogP contribution in [0.3, 0.4) is 0 Å². The Hall–Kier alpha value is -0.340. The molecule has 0 fully saturated rings. The zero-order valence-corrected chi connectivity index (χ0v) is 7.30. The van der Waals surface area contributed by atoms with E-state index in [1.165, 1.54) is 6.07 Å². The van der Waals surface area contributed by atoms with E-state index in [2.05, 4.69) is 0 Å². The second kappa shape index (κ2) is 2.57. The maximum atomic E-state index is 12.1. The van der Waals surface area contributed by atoms with Crippen molar-refractivity contribution >= 4 is 24.8 Å². The molecule has 68 valence electrons. The molecule has 0 saturated heterocycles. The van der Waals surface area contributed by atoms with Crippen LogP contribution in [0.4, 0.5) is 16.8 Å². The van der Waals surface area contributed by atoms with E-state index in [1.54, 1.807) is 0 Å². The average Bonchev–Trinajstić information content (AvgIpc) is 1.84. The number of benzene rings is 1.